The first-order valence-electron chi connectivity index (χ1n) is 4.59. The summed E-state index contributed by atoms with van der Waals surface area (Å²) in [6, 6.07) is 0. The average Bonchev–Trinajstić information content (AvgIpc) is 2.12. The first-order valence-corrected chi connectivity index (χ1v) is 5.67. The number of hydrogen-bond donors (Lipinski definition) is 0. The SMILES string of the molecule is CC1=C(C)C2C=CC=C(I)C2C=C1. The van der Waals surface area contributed by atoms with Gasteiger partial charge in [-0.2, -0.15) is 0 Å². The molecule has 0 heterocycles. The highest BCUT2D eigenvalue weighted by molar-refractivity contribution is 14.1. The number of halogens is 1. The Morgan fingerprint density at radius 2 is 1.92 bits per heavy atom. The summed E-state index contributed by atoms with van der Waals surface area (Å²) in [4.78, 5) is 0. The summed E-state index contributed by atoms with van der Waals surface area (Å²) < 4.78 is 1.45. The van der Waals surface area contributed by atoms with Crippen LogP contribution in [0.3, 0.4) is 0 Å². The van der Waals surface area contributed by atoms with Gasteiger partial charge in [-0.15, -0.1) is 0 Å². The Kier molecular flexibility index (Phi) is 2.45. The molecule has 2 atom stereocenters. The molecule has 2 rings (SSSR count). The van der Waals surface area contributed by atoms with Crippen molar-refractivity contribution >= 4 is 22.6 Å². The summed E-state index contributed by atoms with van der Waals surface area (Å²) in [5, 5.41) is 0. The maximum absolute atomic E-state index is 2.44. The molecule has 0 saturated heterocycles. The van der Waals surface area contributed by atoms with Crippen LogP contribution in [0.1, 0.15) is 13.8 Å². The van der Waals surface area contributed by atoms with Crippen LogP contribution >= 0.6 is 22.6 Å². The first-order chi connectivity index (χ1) is 6.20. The van der Waals surface area contributed by atoms with Crippen LogP contribution in [0.2, 0.25) is 0 Å². The fourth-order valence-corrected chi connectivity index (χ4v) is 2.74. The van der Waals surface area contributed by atoms with Crippen molar-refractivity contribution in [1.82, 2.24) is 0 Å². The summed E-state index contributed by atoms with van der Waals surface area (Å²) in [5.74, 6) is 1.22. The van der Waals surface area contributed by atoms with Gasteiger partial charge in [0.25, 0.3) is 0 Å². The van der Waals surface area contributed by atoms with Gasteiger partial charge in [0.15, 0.2) is 0 Å². The van der Waals surface area contributed by atoms with Crippen LogP contribution in [0.25, 0.3) is 0 Å². The zero-order valence-corrected chi connectivity index (χ0v) is 10.1. The molecule has 13 heavy (non-hydrogen) atoms. The van der Waals surface area contributed by atoms with Crippen molar-refractivity contribution in [2.45, 2.75) is 13.8 Å². The van der Waals surface area contributed by atoms with E-state index in [0.29, 0.717) is 11.8 Å². The molecule has 0 nitrogen and oxygen atoms in total. The van der Waals surface area contributed by atoms with E-state index in [1.165, 1.54) is 14.7 Å². The average molecular weight is 284 g/mol. The summed E-state index contributed by atoms with van der Waals surface area (Å²) in [6.45, 7) is 4.44. The molecule has 0 aromatic rings. The van der Waals surface area contributed by atoms with Gasteiger partial charge >= 0.3 is 0 Å². The van der Waals surface area contributed by atoms with Gasteiger partial charge in [-0.05, 0) is 40.0 Å². The molecule has 0 aromatic heterocycles. The number of hydrogen-bond acceptors (Lipinski definition) is 0. The summed E-state index contributed by atoms with van der Waals surface area (Å²) in [5.41, 5.74) is 2.95. The molecule has 1 heteroatoms. The molecule has 0 aliphatic heterocycles. The normalized spacial score (nSPS) is 31.8. The molecule has 2 aliphatic carbocycles. The zero-order valence-electron chi connectivity index (χ0n) is 7.92. The molecule has 0 radical (unpaired) electrons. The van der Waals surface area contributed by atoms with E-state index in [9.17, 15) is 0 Å². The molecule has 0 aromatic carbocycles. The van der Waals surface area contributed by atoms with Crippen LogP contribution in [-0.4, -0.2) is 0 Å². The maximum Gasteiger partial charge on any atom is 0.0180 e. The van der Waals surface area contributed by atoms with Crippen LogP contribution in [0.5, 0.6) is 0 Å². The highest BCUT2D eigenvalue weighted by atomic mass is 127. The second-order valence-electron chi connectivity index (χ2n) is 3.71. The first kappa shape index (κ1) is 9.25. The Morgan fingerprint density at radius 3 is 2.69 bits per heavy atom. The minimum Gasteiger partial charge on any atom is -0.0764 e. The van der Waals surface area contributed by atoms with Crippen LogP contribution in [0.4, 0.5) is 0 Å². The Labute approximate surface area is 93.2 Å². The second-order valence-corrected chi connectivity index (χ2v) is 4.96. The van der Waals surface area contributed by atoms with Crippen LogP contribution < -0.4 is 0 Å². The second kappa shape index (κ2) is 3.45. The third kappa shape index (κ3) is 1.54. The molecule has 0 fully saturated rings. The lowest BCUT2D eigenvalue weighted by atomic mass is 9.78. The molecule has 0 saturated carbocycles. The maximum atomic E-state index is 2.44. The number of allylic oxidation sites excluding steroid dienone is 8. The minimum atomic E-state index is 0.606. The quantitative estimate of drug-likeness (QED) is 0.589. The minimum absolute atomic E-state index is 0.606. The third-order valence-corrected chi connectivity index (χ3v) is 4.03. The van der Waals surface area contributed by atoms with E-state index in [1.807, 2.05) is 0 Å². The largest absolute Gasteiger partial charge is 0.0764 e. The number of fused-ring (bicyclic) bond motifs is 1. The van der Waals surface area contributed by atoms with E-state index in [-0.39, 0.29) is 0 Å². The van der Waals surface area contributed by atoms with Gasteiger partial charge in [-0.25, -0.2) is 0 Å². The van der Waals surface area contributed by atoms with Crippen molar-refractivity contribution in [2.75, 3.05) is 0 Å². The van der Waals surface area contributed by atoms with Gasteiger partial charge in [0.2, 0.25) is 0 Å². The Morgan fingerprint density at radius 1 is 1.15 bits per heavy atom. The van der Waals surface area contributed by atoms with E-state index >= 15 is 0 Å². The van der Waals surface area contributed by atoms with Crippen LogP contribution in [-0.2, 0) is 0 Å². The molecular weight excluding hydrogens is 271 g/mol. The monoisotopic (exact) mass is 284 g/mol. The van der Waals surface area contributed by atoms with Crippen LogP contribution in [0, 0.1) is 11.8 Å². The van der Waals surface area contributed by atoms with E-state index < -0.39 is 0 Å². The summed E-state index contributed by atoms with van der Waals surface area (Å²) >= 11 is 2.44. The Balaban J connectivity index is 2.41. The van der Waals surface area contributed by atoms with E-state index in [1.54, 1.807) is 0 Å². The van der Waals surface area contributed by atoms with Gasteiger partial charge < -0.3 is 0 Å². The molecule has 2 aliphatic rings. The van der Waals surface area contributed by atoms with E-state index in [0.717, 1.165) is 0 Å². The molecule has 0 spiro atoms. The summed E-state index contributed by atoms with van der Waals surface area (Å²) in [7, 11) is 0. The highest BCUT2D eigenvalue weighted by Gasteiger charge is 2.25. The van der Waals surface area contributed by atoms with E-state index in [4.69, 9.17) is 0 Å². The van der Waals surface area contributed by atoms with Gasteiger partial charge in [0.1, 0.15) is 0 Å². The molecule has 0 amide bonds. The highest BCUT2D eigenvalue weighted by Crippen LogP contribution is 2.39. The third-order valence-electron chi connectivity index (χ3n) is 2.95. The van der Waals surface area contributed by atoms with Gasteiger partial charge in [-0.3, -0.25) is 0 Å². The lowest BCUT2D eigenvalue weighted by Crippen LogP contribution is -2.17. The van der Waals surface area contributed by atoms with Gasteiger partial charge in [0.05, 0.1) is 0 Å². The molecule has 0 bridgehead atoms. The van der Waals surface area contributed by atoms with Crippen molar-refractivity contribution in [3.8, 4) is 0 Å². The fourth-order valence-electron chi connectivity index (χ4n) is 1.94. The molecular formula is C12H13I. The Hall–Kier alpha value is -0.310. The van der Waals surface area contributed by atoms with Crippen molar-refractivity contribution < 1.29 is 0 Å². The smallest absolute Gasteiger partial charge is 0.0180 e. The zero-order chi connectivity index (χ0) is 9.42. The molecule has 68 valence electrons. The van der Waals surface area contributed by atoms with Crippen molar-refractivity contribution in [1.29, 1.82) is 0 Å². The predicted octanol–water partition coefficient (Wildman–Crippen LogP) is 4.01. The fraction of sp³-hybridized carbons (Fsp3) is 0.333. The van der Waals surface area contributed by atoms with E-state index in [2.05, 4.69) is 66.8 Å². The lowest BCUT2D eigenvalue weighted by Gasteiger charge is -2.29. The number of rotatable bonds is 0. The Bertz CT molecular complexity index is 342. The van der Waals surface area contributed by atoms with Crippen LogP contribution in [0.15, 0.2) is 45.1 Å². The van der Waals surface area contributed by atoms with Crippen molar-refractivity contribution in [3.63, 3.8) is 0 Å². The van der Waals surface area contributed by atoms with Crippen molar-refractivity contribution in [3.05, 3.63) is 45.1 Å². The standard InChI is InChI=1S/C12H13I/c1-8-6-7-11-10(9(8)2)4-3-5-12(11)13/h3-7,10-11H,1-2H3. The topological polar surface area (TPSA) is 0 Å². The van der Waals surface area contributed by atoms with Gasteiger partial charge in [-0.1, -0.05) is 41.5 Å². The predicted molar refractivity (Wildman–Crippen MR) is 65.7 cm³/mol. The molecule has 0 N–H and O–H groups in total. The molecule has 2 unspecified atom stereocenters. The van der Waals surface area contributed by atoms with Gasteiger partial charge in [0, 0.05) is 11.8 Å². The van der Waals surface area contributed by atoms with Crippen molar-refractivity contribution in [2.24, 2.45) is 11.8 Å². The lowest BCUT2D eigenvalue weighted by molar-refractivity contribution is 0.613. The summed E-state index contributed by atoms with van der Waals surface area (Å²) in [6.07, 6.45) is 11.3.